The van der Waals surface area contributed by atoms with Crippen molar-refractivity contribution in [3.8, 4) is 0 Å². The first-order valence-corrected chi connectivity index (χ1v) is 6.54. The molecule has 0 fully saturated rings. The van der Waals surface area contributed by atoms with Gasteiger partial charge in [-0.3, -0.25) is 0 Å². The predicted molar refractivity (Wildman–Crippen MR) is 65.8 cm³/mol. The molecule has 0 spiro atoms. The van der Waals surface area contributed by atoms with Crippen LogP contribution in [0.4, 0.5) is 5.82 Å². The molecule has 4 nitrogen and oxygen atoms in total. The van der Waals surface area contributed by atoms with Crippen molar-refractivity contribution in [1.82, 2.24) is 4.37 Å². The minimum atomic E-state index is -0.430. The predicted octanol–water partition coefficient (Wildman–Crippen LogP) is 3.81. The summed E-state index contributed by atoms with van der Waals surface area (Å²) in [7, 11) is 0. The van der Waals surface area contributed by atoms with E-state index in [0.29, 0.717) is 0 Å². The van der Waals surface area contributed by atoms with Crippen molar-refractivity contribution < 1.29 is 4.92 Å². The molecule has 1 aromatic heterocycles. The molecule has 0 aromatic carbocycles. The summed E-state index contributed by atoms with van der Waals surface area (Å²) in [6.07, 6.45) is 5.67. The Morgan fingerprint density at radius 3 is 2.69 bits per heavy atom. The number of aromatic nitrogens is 1. The van der Waals surface area contributed by atoms with E-state index in [0.717, 1.165) is 23.6 Å². The Labute approximate surface area is 100 Å². The van der Waals surface area contributed by atoms with Crippen molar-refractivity contribution in [3.63, 3.8) is 0 Å². The molecule has 0 aliphatic rings. The van der Waals surface area contributed by atoms with Gasteiger partial charge in [0, 0.05) is 4.37 Å². The Morgan fingerprint density at radius 1 is 1.50 bits per heavy atom. The summed E-state index contributed by atoms with van der Waals surface area (Å²) in [6.45, 7) is 4.43. The number of nitro groups is 1. The van der Waals surface area contributed by atoms with Gasteiger partial charge in [0.25, 0.3) is 0 Å². The van der Waals surface area contributed by atoms with E-state index >= 15 is 0 Å². The van der Waals surface area contributed by atoms with Gasteiger partial charge in [-0.2, -0.15) is 0 Å². The molecule has 90 valence electrons. The van der Waals surface area contributed by atoms with E-state index in [1.165, 1.54) is 30.8 Å². The van der Waals surface area contributed by atoms with E-state index in [1.807, 2.05) is 0 Å². The SMILES string of the molecule is CCC(CC)CCCc1cc([N+](=O)[O-])ns1. The normalized spacial score (nSPS) is 10.9. The van der Waals surface area contributed by atoms with Gasteiger partial charge in [0.1, 0.15) is 0 Å². The van der Waals surface area contributed by atoms with Crippen molar-refractivity contribution in [2.45, 2.75) is 46.0 Å². The van der Waals surface area contributed by atoms with E-state index in [4.69, 9.17) is 0 Å². The minimum Gasteiger partial charge on any atom is -0.358 e. The van der Waals surface area contributed by atoms with Crippen LogP contribution in [-0.2, 0) is 6.42 Å². The Kier molecular flexibility index (Phi) is 5.38. The number of hydrogen-bond acceptors (Lipinski definition) is 4. The van der Waals surface area contributed by atoms with Gasteiger partial charge in [-0.1, -0.05) is 33.1 Å². The summed E-state index contributed by atoms with van der Waals surface area (Å²) in [5, 5.41) is 10.4. The van der Waals surface area contributed by atoms with E-state index in [2.05, 4.69) is 18.2 Å². The topological polar surface area (TPSA) is 56.0 Å². The molecule has 0 bridgehead atoms. The Bertz CT molecular complexity index is 334. The molecule has 16 heavy (non-hydrogen) atoms. The van der Waals surface area contributed by atoms with Gasteiger partial charge in [0.15, 0.2) is 0 Å². The summed E-state index contributed by atoms with van der Waals surface area (Å²) in [5.74, 6) is 0.783. The van der Waals surface area contributed by atoms with Crippen LogP contribution in [0.5, 0.6) is 0 Å². The molecule has 0 saturated carbocycles. The van der Waals surface area contributed by atoms with Crippen LogP contribution in [0.3, 0.4) is 0 Å². The second-order valence-corrected chi connectivity index (χ2v) is 4.87. The molecule has 1 aromatic rings. The van der Waals surface area contributed by atoms with Crippen molar-refractivity contribution in [2.75, 3.05) is 0 Å². The van der Waals surface area contributed by atoms with Crippen molar-refractivity contribution in [3.05, 3.63) is 21.1 Å². The molecular weight excluding hydrogens is 224 g/mol. The average Bonchev–Trinajstić information content (AvgIpc) is 2.73. The minimum absolute atomic E-state index is 0.0115. The summed E-state index contributed by atoms with van der Waals surface area (Å²) in [5.41, 5.74) is 0. The molecule has 0 radical (unpaired) electrons. The highest BCUT2D eigenvalue weighted by atomic mass is 32.1. The Hall–Kier alpha value is -0.970. The van der Waals surface area contributed by atoms with Gasteiger partial charge in [-0.15, -0.1) is 0 Å². The zero-order valence-electron chi connectivity index (χ0n) is 9.81. The first-order valence-electron chi connectivity index (χ1n) is 5.77. The molecule has 0 saturated heterocycles. The lowest BCUT2D eigenvalue weighted by molar-refractivity contribution is -0.388. The molecular formula is C11H18N2O2S. The molecule has 0 unspecified atom stereocenters. The second kappa shape index (κ2) is 6.58. The smallest absolute Gasteiger partial charge is 0.358 e. The lowest BCUT2D eigenvalue weighted by Crippen LogP contribution is -1.97. The third-order valence-corrected chi connectivity index (χ3v) is 3.76. The highest BCUT2D eigenvalue weighted by Gasteiger charge is 2.12. The molecule has 0 amide bonds. The van der Waals surface area contributed by atoms with Crippen LogP contribution in [0.1, 0.15) is 44.4 Å². The molecule has 0 aliphatic carbocycles. The molecule has 0 N–H and O–H groups in total. The Balaban J connectivity index is 2.34. The summed E-state index contributed by atoms with van der Waals surface area (Å²) >= 11 is 1.25. The van der Waals surface area contributed by atoms with Gasteiger partial charge in [0.2, 0.25) is 0 Å². The fourth-order valence-electron chi connectivity index (χ4n) is 1.77. The zero-order chi connectivity index (χ0) is 12.0. The number of rotatable bonds is 7. The van der Waals surface area contributed by atoms with Crippen LogP contribution < -0.4 is 0 Å². The number of aryl methyl sites for hydroxylation is 1. The third-order valence-electron chi connectivity index (χ3n) is 2.92. The molecule has 0 atom stereocenters. The third kappa shape index (κ3) is 3.89. The Morgan fingerprint density at radius 2 is 2.19 bits per heavy atom. The maximum absolute atomic E-state index is 10.4. The van der Waals surface area contributed by atoms with Crippen LogP contribution in [0.2, 0.25) is 0 Å². The van der Waals surface area contributed by atoms with Gasteiger partial charge in [-0.25, -0.2) is 0 Å². The fraction of sp³-hybridized carbons (Fsp3) is 0.727. The summed E-state index contributed by atoms with van der Waals surface area (Å²) < 4.78 is 3.80. The summed E-state index contributed by atoms with van der Waals surface area (Å²) in [6, 6.07) is 1.59. The highest BCUT2D eigenvalue weighted by Crippen LogP contribution is 2.21. The van der Waals surface area contributed by atoms with E-state index in [9.17, 15) is 10.1 Å². The maximum Gasteiger partial charge on any atom is 0.378 e. The fourth-order valence-corrected chi connectivity index (χ4v) is 2.49. The maximum atomic E-state index is 10.4. The average molecular weight is 242 g/mol. The van der Waals surface area contributed by atoms with Crippen LogP contribution in [-0.4, -0.2) is 9.30 Å². The second-order valence-electron chi connectivity index (χ2n) is 3.98. The van der Waals surface area contributed by atoms with Gasteiger partial charge in [0.05, 0.1) is 22.5 Å². The van der Waals surface area contributed by atoms with Crippen LogP contribution in [0.15, 0.2) is 6.07 Å². The zero-order valence-corrected chi connectivity index (χ0v) is 10.6. The molecule has 0 aliphatic heterocycles. The largest absolute Gasteiger partial charge is 0.378 e. The quantitative estimate of drug-likeness (QED) is 0.539. The van der Waals surface area contributed by atoms with Crippen molar-refractivity contribution in [1.29, 1.82) is 0 Å². The van der Waals surface area contributed by atoms with Crippen molar-refractivity contribution in [2.24, 2.45) is 5.92 Å². The lowest BCUT2D eigenvalue weighted by Gasteiger charge is -2.10. The first-order chi connectivity index (χ1) is 7.67. The van der Waals surface area contributed by atoms with Crippen LogP contribution in [0, 0.1) is 16.0 Å². The van der Waals surface area contributed by atoms with Gasteiger partial charge >= 0.3 is 5.82 Å². The molecule has 5 heteroatoms. The monoisotopic (exact) mass is 242 g/mol. The molecule has 1 rings (SSSR count). The lowest BCUT2D eigenvalue weighted by atomic mass is 9.96. The van der Waals surface area contributed by atoms with Crippen LogP contribution >= 0.6 is 11.5 Å². The van der Waals surface area contributed by atoms with Gasteiger partial charge < -0.3 is 10.1 Å². The highest BCUT2D eigenvalue weighted by molar-refractivity contribution is 7.06. The van der Waals surface area contributed by atoms with Crippen molar-refractivity contribution >= 4 is 17.4 Å². The number of nitrogens with zero attached hydrogens (tertiary/aromatic N) is 2. The number of hydrogen-bond donors (Lipinski definition) is 0. The van der Waals surface area contributed by atoms with E-state index in [-0.39, 0.29) is 5.82 Å². The van der Waals surface area contributed by atoms with Crippen LogP contribution in [0.25, 0.3) is 0 Å². The first kappa shape index (κ1) is 13.1. The van der Waals surface area contributed by atoms with Gasteiger partial charge in [-0.05, 0) is 23.7 Å². The van der Waals surface area contributed by atoms with E-state index < -0.39 is 4.92 Å². The molecule has 1 heterocycles. The summed E-state index contributed by atoms with van der Waals surface area (Å²) in [4.78, 5) is 11.0. The standard InChI is InChI=1S/C11H18N2O2S/c1-3-9(4-2)6-5-7-10-8-11(12-16-10)13(14)15/h8-9H,3-7H2,1-2H3. The van der Waals surface area contributed by atoms with E-state index in [1.54, 1.807) is 6.07 Å².